The molecule has 0 atom stereocenters. The molecule has 3 heterocycles. The quantitative estimate of drug-likeness (QED) is 0.595. The summed E-state index contributed by atoms with van der Waals surface area (Å²) < 4.78 is 7.27. The SMILES string of the molecule is Cc1ccc(CNC(=O)c2ccn3c(-c4cccc(Cl)c4)nnc3c2)o1. The van der Waals surface area contributed by atoms with Crippen LogP contribution in [0.15, 0.2) is 59.1 Å². The van der Waals surface area contributed by atoms with Crippen molar-refractivity contribution < 1.29 is 9.21 Å². The van der Waals surface area contributed by atoms with Crippen LogP contribution in [0, 0.1) is 6.92 Å². The van der Waals surface area contributed by atoms with Crippen LogP contribution >= 0.6 is 11.6 Å². The molecule has 7 heteroatoms. The van der Waals surface area contributed by atoms with Crippen molar-refractivity contribution in [2.75, 3.05) is 0 Å². The maximum atomic E-state index is 12.4. The highest BCUT2D eigenvalue weighted by atomic mass is 35.5. The summed E-state index contributed by atoms with van der Waals surface area (Å²) in [4.78, 5) is 12.4. The summed E-state index contributed by atoms with van der Waals surface area (Å²) in [6, 6.07) is 14.5. The fraction of sp³-hybridized carbons (Fsp3) is 0.105. The molecule has 1 aromatic carbocycles. The van der Waals surface area contributed by atoms with Gasteiger partial charge in [0, 0.05) is 22.3 Å². The zero-order valence-electron chi connectivity index (χ0n) is 13.9. The minimum absolute atomic E-state index is 0.200. The van der Waals surface area contributed by atoms with E-state index in [2.05, 4.69) is 15.5 Å². The number of halogens is 1. The summed E-state index contributed by atoms with van der Waals surface area (Å²) >= 11 is 6.05. The van der Waals surface area contributed by atoms with Crippen molar-refractivity contribution in [3.8, 4) is 11.4 Å². The minimum Gasteiger partial charge on any atom is -0.465 e. The zero-order chi connectivity index (χ0) is 18.1. The Labute approximate surface area is 154 Å². The molecule has 4 aromatic rings. The van der Waals surface area contributed by atoms with E-state index in [1.807, 2.05) is 41.7 Å². The smallest absolute Gasteiger partial charge is 0.251 e. The topological polar surface area (TPSA) is 72.4 Å². The first-order valence-electron chi connectivity index (χ1n) is 8.04. The van der Waals surface area contributed by atoms with E-state index in [-0.39, 0.29) is 5.91 Å². The second kappa shape index (κ2) is 6.65. The van der Waals surface area contributed by atoms with Gasteiger partial charge in [0.25, 0.3) is 5.91 Å². The van der Waals surface area contributed by atoms with Gasteiger partial charge in [0.05, 0.1) is 6.54 Å². The highest BCUT2D eigenvalue weighted by Crippen LogP contribution is 2.22. The number of carbonyl (C=O) groups excluding carboxylic acids is 1. The van der Waals surface area contributed by atoms with Crippen LogP contribution in [0.25, 0.3) is 17.0 Å². The van der Waals surface area contributed by atoms with E-state index in [9.17, 15) is 4.79 Å². The van der Waals surface area contributed by atoms with Crippen LogP contribution < -0.4 is 5.32 Å². The van der Waals surface area contributed by atoms with Crippen LogP contribution in [0.4, 0.5) is 0 Å². The zero-order valence-corrected chi connectivity index (χ0v) is 14.7. The molecule has 0 bridgehead atoms. The number of benzene rings is 1. The van der Waals surface area contributed by atoms with Crippen molar-refractivity contribution in [3.63, 3.8) is 0 Å². The molecule has 130 valence electrons. The van der Waals surface area contributed by atoms with Gasteiger partial charge in [0.15, 0.2) is 11.5 Å². The van der Waals surface area contributed by atoms with Crippen molar-refractivity contribution in [2.45, 2.75) is 13.5 Å². The van der Waals surface area contributed by atoms with Crippen LogP contribution in [-0.2, 0) is 6.54 Å². The van der Waals surface area contributed by atoms with Gasteiger partial charge < -0.3 is 9.73 Å². The van der Waals surface area contributed by atoms with E-state index < -0.39 is 0 Å². The summed E-state index contributed by atoms with van der Waals surface area (Å²) in [5.41, 5.74) is 1.95. The molecule has 6 nitrogen and oxygen atoms in total. The summed E-state index contributed by atoms with van der Waals surface area (Å²) in [5.74, 6) is 1.99. The van der Waals surface area contributed by atoms with Gasteiger partial charge >= 0.3 is 0 Å². The average molecular weight is 367 g/mol. The molecule has 1 amide bonds. The largest absolute Gasteiger partial charge is 0.465 e. The number of hydrogen-bond acceptors (Lipinski definition) is 4. The molecule has 0 saturated carbocycles. The van der Waals surface area contributed by atoms with Crippen molar-refractivity contribution in [2.24, 2.45) is 0 Å². The van der Waals surface area contributed by atoms with Crippen LogP contribution in [0.2, 0.25) is 5.02 Å². The van der Waals surface area contributed by atoms with Crippen LogP contribution in [0.5, 0.6) is 0 Å². The number of furan rings is 1. The molecular formula is C19H15ClN4O2. The second-order valence-electron chi connectivity index (χ2n) is 5.87. The Bertz CT molecular complexity index is 1100. The van der Waals surface area contributed by atoms with Gasteiger partial charge in [-0.25, -0.2) is 0 Å². The van der Waals surface area contributed by atoms with Gasteiger partial charge in [-0.1, -0.05) is 23.7 Å². The van der Waals surface area contributed by atoms with Crippen molar-refractivity contribution in [1.29, 1.82) is 0 Å². The third-order valence-corrected chi connectivity index (χ3v) is 4.21. The van der Waals surface area contributed by atoms with E-state index >= 15 is 0 Å². The molecular weight excluding hydrogens is 352 g/mol. The maximum absolute atomic E-state index is 12.4. The number of amides is 1. The Balaban J connectivity index is 1.57. The number of pyridine rings is 1. The predicted octanol–water partition coefficient (Wildman–Crippen LogP) is 3.88. The molecule has 0 radical (unpaired) electrons. The molecule has 0 fully saturated rings. The van der Waals surface area contributed by atoms with Crippen LogP contribution in [-0.4, -0.2) is 20.5 Å². The van der Waals surface area contributed by atoms with Crippen LogP contribution in [0.1, 0.15) is 21.9 Å². The lowest BCUT2D eigenvalue weighted by Crippen LogP contribution is -2.22. The number of carbonyl (C=O) groups is 1. The summed E-state index contributed by atoms with van der Waals surface area (Å²) in [6.45, 7) is 2.19. The monoisotopic (exact) mass is 366 g/mol. The van der Waals surface area contributed by atoms with E-state index in [0.29, 0.717) is 34.4 Å². The van der Waals surface area contributed by atoms with Gasteiger partial charge in [-0.05, 0) is 43.3 Å². The molecule has 0 aliphatic rings. The maximum Gasteiger partial charge on any atom is 0.251 e. The molecule has 0 spiro atoms. The fourth-order valence-electron chi connectivity index (χ4n) is 2.71. The van der Waals surface area contributed by atoms with Crippen LogP contribution in [0.3, 0.4) is 0 Å². The highest BCUT2D eigenvalue weighted by molar-refractivity contribution is 6.30. The lowest BCUT2D eigenvalue weighted by molar-refractivity contribution is 0.0948. The Hall–Kier alpha value is -3.12. The number of hydrogen-bond donors (Lipinski definition) is 1. The molecule has 0 unspecified atom stereocenters. The molecule has 4 rings (SSSR count). The van der Waals surface area contributed by atoms with Gasteiger partial charge in [0.2, 0.25) is 0 Å². The Morgan fingerprint density at radius 2 is 2.08 bits per heavy atom. The Morgan fingerprint density at radius 3 is 2.85 bits per heavy atom. The number of aromatic nitrogens is 3. The first-order valence-corrected chi connectivity index (χ1v) is 8.42. The average Bonchev–Trinajstić information content (AvgIpc) is 3.25. The lowest BCUT2D eigenvalue weighted by Gasteiger charge is -2.05. The minimum atomic E-state index is -0.200. The van der Waals surface area contributed by atoms with Crippen molar-refractivity contribution in [1.82, 2.24) is 19.9 Å². The predicted molar refractivity (Wildman–Crippen MR) is 98.0 cm³/mol. The molecule has 26 heavy (non-hydrogen) atoms. The molecule has 0 saturated heterocycles. The number of rotatable bonds is 4. The highest BCUT2D eigenvalue weighted by Gasteiger charge is 2.12. The molecule has 1 N–H and O–H groups in total. The van der Waals surface area contributed by atoms with E-state index in [4.69, 9.17) is 16.0 Å². The first kappa shape index (κ1) is 16.4. The third kappa shape index (κ3) is 3.19. The van der Waals surface area contributed by atoms with Gasteiger partial charge in [-0.2, -0.15) is 0 Å². The summed E-state index contributed by atoms with van der Waals surface area (Å²) in [5, 5.41) is 11.8. The van der Waals surface area contributed by atoms with Crippen molar-refractivity contribution >= 4 is 23.2 Å². The number of nitrogens with one attached hydrogen (secondary N) is 1. The Kier molecular flexibility index (Phi) is 4.18. The first-order chi connectivity index (χ1) is 12.6. The standard InChI is InChI=1S/C19H15ClN4O2/c1-12-5-6-16(26-12)11-21-19(25)14-7-8-24-17(10-14)22-23-18(24)13-3-2-4-15(20)9-13/h2-10H,11H2,1H3,(H,21,25). The van der Waals surface area contributed by atoms with E-state index in [0.717, 1.165) is 11.3 Å². The molecule has 3 aromatic heterocycles. The fourth-order valence-corrected chi connectivity index (χ4v) is 2.90. The van der Waals surface area contributed by atoms with E-state index in [1.165, 1.54) is 0 Å². The Morgan fingerprint density at radius 1 is 1.19 bits per heavy atom. The van der Waals surface area contributed by atoms with Gasteiger partial charge in [-0.15, -0.1) is 10.2 Å². The number of aryl methyl sites for hydroxylation is 1. The van der Waals surface area contributed by atoms with E-state index in [1.54, 1.807) is 24.4 Å². The second-order valence-corrected chi connectivity index (χ2v) is 6.31. The third-order valence-electron chi connectivity index (χ3n) is 3.97. The summed E-state index contributed by atoms with van der Waals surface area (Å²) in [7, 11) is 0. The van der Waals surface area contributed by atoms with Gasteiger partial charge in [-0.3, -0.25) is 9.20 Å². The van der Waals surface area contributed by atoms with Gasteiger partial charge in [0.1, 0.15) is 11.5 Å². The number of fused-ring (bicyclic) bond motifs is 1. The normalized spacial score (nSPS) is 11.0. The lowest BCUT2D eigenvalue weighted by atomic mass is 10.2. The van der Waals surface area contributed by atoms with Crippen molar-refractivity contribution in [3.05, 3.63) is 76.8 Å². The number of nitrogens with zero attached hydrogens (tertiary/aromatic N) is 3. The summed E-state index contributed by atoms with van der Waals surface area (Å²) in [6.07, 6.45) is 1.78. The molecule has 0 aliphatic heterocycles. The molecule has 0 aliphatic carbocycles.